The molecule has 142 valence electrons. The van der Waals surface area contributed by atoms with Crippen LogP contribution < -0.4 is 0 Å². The average Bonchev–Trinajstić information content (AvgIpc) is 2.78. The second-order valence-corrected chi connectivity index (χ2v) is 7.59. The van der Waals surface area contributed by atoms with Crippen LogP contribution >= 0.6 is 0 Å². The molecule has 5 rings (SSSR count). The van der Waals surface area contributed by atoms with Crippen LogP contribution in [0, 0.1) is 6.92 Å². The average molecular weight is 378 g/mol. The quantitative estimate of drug-likeness (QED) is 0.467. The summed E-state index contributed by atoms with van der Waals surface area (Å²) >= 11 is 0. The highest BCUT2D eigenvalue weighted by molar-refractivity contribution is 6.09. The van der Waals surface area contributed by atoms with Gasteiger partial charge in [-0.1, -0.05) is 72.8 Å². The molecule has 0 saturated carbocycles. The molecule has 0 saturated heterocycles. The minimum absolute atomic E-state index is 0.0905. The molecule has 0 unspecified atom stereocenters. The molecule has 0 radical (unpaired) electrons. The first kappa shape index (κ1) is 17.6. The molecule has 1 aliphatic heterocycles. The Morgan fingerprint density at radius 1 is 0.862 bits per heavy atom. The molecule has 0 N–H and O–H groups in total. The maximum Gasteiger partial charge on any atom is 0.255 e. The van der Waals surface area contributed by atoms with Crippen LogP contribution in [0.5, 0.6) is 0 Å². The third-order valence-corrected chi connectivity index (χ3v) is 5.81. The lowest BCUT2D eigenvalue weighted by molar-refractivity contribution is 0.0736. The summed E-state index contributed by atoms with van der Waals surface area (Å²) in [6.45, 7) is 3.42. The van der Waals surface area contributed by atoms with Crippen molar-refractivity contribution in [1.29, 1.82) is 0 Å². The third kappa shape index (κ3) is 3.09. The van der Waals surface area contributed by atoms with Crippen LogP contribution in [0.1, 0.15) is 27.0 Å². The number of fused-ring (bicyclic) bond motifs is 2. The number of carbonyl (C=O) groups is 1. The van der Waals surface area contributed by atoms with Gasteiger partial charge in [-0.25, -0.2) is 4.98 Å². The molecule has 3 nitrogen and oxygen atoms in total. The van der Waals surface area contributed by atoms with E-state index in [1.807, 2.05) is 60.4 Å². The van der Waals surface area contributed by atoms with Crippen LogP contribution in [0.2, 0.25) is 0 Å². The number of pyridine rings is 1. The molecule has 1 amide bonds. The first-order valence-electron chi connectivity index (χ1n) is 10.0. The molecule has 0 bridgehead atoms. The predicted molar refractivity (Wildman–Crippen MR) is 117 cm³/mol. The summed E-state index contributed by atoms with van der Waals surface area (Å²) in [6.07, 6.45) is 0.898. The molecular weight excluding hydrogens is 356 g/mol. The van der Waals surface area contributed by atoms with Crippen LogP contribution in [0.15, 0.2) is 78.9 Å². The van der Waals surface area contributed by atoms with E-state index in [1.54, 1.807) is 0 Å². The number of benzene rings is 3. The maximum absolute atomic E-state index is 13.7. The highest BCUT2D eigenvalue weighted by atomic mass is 16.2. The van der Waals surface area contributed by atoms with E-state index in [4.69, 9.17) is 4.98 Å². The fourth-order valence-electron chi connectivity index (χ4n) is 4.29. The van der Waals surface area contributed by atoms with Crippen molar-refractivity contribution < 1.29 is 4.79 Å². The number of para-hydroxylation sites is 1. The van der Waals surface area contributed by atoms with Crippen molar-refractivity contribution in [2.75, 3.05) is 6.54 Å². The second-order valence-electron chi connectivity index (χ2n) is 7.59. The van der Waals surface area contributed by atoms with Gasteiger partial charge in [0.1, 0.15) is 0 Å². The van der Waals surface area contributed by atoms with Crippen molar-refractivity contribution in [3.05, 3.63) is 101 Å². The zero-order valence-electron chi connectivity index (χ0n) is 16.4. The molecule has 3 aromatic carbocycles. The van der Waals surface area contributed by atoms with E-state index in [1.165, 1.54) is 11.1 Å². The number of hydrogen-bond donors (Lipinski definition) is 0. The molecule has 2 heterocycles. The van der Waals surface area contributed by atoms with Crippen LogP contribution in [-0.2, 0) is 13.0 Å². The fourth-order valence-corrected chi connectivity index (χ4v) is 4.29. The van der Waals surface area contributed by atoms with Crippen LogP contribution in [0.25, 0.3) is 22.2 Å². The van der Waals surface area contributed by atoms with Crippen molar-refractivity contribution in [3.8, 4) is 11.3 Å². The fraction of sp³-hybridized carbons (Fsp3) is 0.154. The van der Waals surface area contributed by atoms with Crippen molar-refractivity contribution >= 4 is 16.8 Å². The molecule has 0 fully saturated rings. The summed E-state index contributed by atoms with van der Waals surface area (Å²) in [5.74, 6) is 0.0905. The van der Waals surface area contributed by atoms with Gasteiger partial charge in [0.25, 0.3) is 5.91 Å². The number of nitrogens with zero attached hydrogens (tertiary/aromatic N) is 2. The van der Waals surface area contributed by atoms with Gasteiger partial charge in [0.15, 0.2) is 0 Å². The number of carbonyl (C=O) groups excluding carboxylic acids is 1. The highest BCUT2D eigenvalue weighted by Crippen LogP contribution is 2.31. The zero-order valence-corrected chi connectivity index (χ0v) is 16.4. The van der Waals surface area contributed by atoms with E-state index in [9.17, 15) is 4.79 Å². The van der Waals surface area contributed by atoms with E-state index in [-0.39, 0.29) is 5.91 Å². The molecule has 1 aliphatic rings. The number of rotatable bonds is 2. The van der Waals surface area contributed by atoms with Gasteiger partial charge in [-0.05, 0) is 36.1 Å². The lowest BCUT2D eigenvalue weighted by atomic mass is 9.95. The minimum atomic E-state index is 0.0905. The number of amides is 1. The first-order chi connectivity index (χ1) is 14.2. The number of hydrogen-bond acceptors (Lipinski definition) is 2. The van der Waals surface area contributed by atoms with Crippen LogP contribution in [0.4, 0.5) is 0 Å². The first-order valence-corrected chi connectivity index (χ1v) is 10.0. The van der Waals surface area contributed by atoms with E-state index in [0.29, 0.717) is 6.54 Å². The second kappa shape index (κ2) is 7.17. The van der Waals surface area contributed by atoms with Crippen LogP contribution in [0.3, 0.4) is 0 Å². The minimum Gasteiger partial charge on any atom is -0.334 e. The Balaban J connectivity index is 1.64. The van der Waals surface area contributed by atoms with Crippen molar-refractivity contribution in [2.24, 2.45) is 0 Å². The molecule has 1 aromatic heterocycles. The van der Waals surface area contributed by atoms with Crippen LogP contribution in [-0.4, -0.2) is 22.3 Å². The lowest BCUT2D eigenvalue weighted by Crippen LogP contribution is -2.36. The van der Waals surface area contributed by atoms with Gasteiger partial charge in [-0.15, -0.1) is 0 Å². The Morgan fingerprint density at radius 3 is 2.38 bits per heavy atom. The van der Waals surface area contributed by atoms with Gasteiger partial charge >= 0.3 is 0 Å². The normalized spacial score (nSPS) is 13.3. The monoisotopic (exact) mass is 378 g/mol. The summed E-state index contributed by atoms with van der Waals surface area (Å²) in [6, 6.07) is 26.5. The van der Waals surface area contributed by atoms with E-state index < -0.39 is 0 Å². The maximum atomic E-state index is 13.7. The van der Waals surface area contributed by atoms with Gasteiger partial charge in [-0.2, -0.15) is 0 Å². The molecule has 29 heavy (non-hydrogen) atoms. The molecule has 0 spiro atoms. The highest BCUT2D eigenvalue weighted by Gasteiger charge is 2.26. The Labute approximate surface area is 170 Å². The van der Waals surface area contributed by atoms with E-state index >= 15 is 0 Å². The molecule has 4 aromatic rings. The van der Waals surface area contributed by atoms with Gasteiger partial charge < -0.3 is 4.90 Å². The Bertz CT molecular complexity index is 1210. The smallest absolute Gasteiger partial charge is 0.255 e. The lowest BCUT2D eigenvalue weighted by Gasteiger charge is -2.30. The predicted octanol–water partition coefficient (Wildman–Crippen LogP) is 5.41. The molecule has 0 aliphatic carbocycles. The van der Waals surface area contributed by atoms with E-state index in [2.05, 4.69) is 30.3 Å². The molecule has 3 heteroatoms. The Kier molecular flexibility index (Phi) is 4.36. The van der Waals surface area contributed by atoms with Crippen molar-refractivity contribution in [3.63, 3.8) is 0 Å². The van der Waals surface area contributed by atoms with Crippen molar-refractivity contribution in [2.45, 2.75) is 19.9 Å². The summed E-state index contributed by atoms with van der Waals surface area (Å²) < 4.78 is 0. The van der Waals surface area contributed by atoms with Gasteiger partial charge in [0.2, 0.25) is 0 Å². The summed E-state index contributed by atoms with van der Waals surface area (Å²) in [7, 11) is 0. The Hall–Kier alpha value is -3.46. The SMILES string of the molecule is Cc1c(-c2ccccc2)nc2ccccc2c1C(=O)N1CCc2ccccc2C1. The molecular formula is C26H22N2O. The standard InChI is InChI=1S/C26H22N2O/c1-18-24(26(29)28-16-15-19-9-5-6-12-21(19)17-28)22-13-7-8-14-23(22)27-25(18)20-10-3-2-4-11-20/h2-14H,15-17H2,1H3. The number of aromatic nitrogens is 1. The van der Waals surface area contributed by atoms with Gasteiger partial charge in [0.05, 0.1) is 16.8 Å². The molecule has 0 atom stereocenters. The summed E-state index contributed by atoms with van der Waals surface area (Å²) in [5, 5.41) is 0.925. The van der Waals surface area contributed by atoms with Gasteiger partial charge in [-0.3, -0.25) is 4.79 Å². The van der Waals surface area contributed by atoms with Crippen molar-refractivity contribution in [1.82, 2.24) is 9.88 Å². The van der Waals surface area contributed by atoms with Gasteiger partial charge in [0, 0.05) is 24.0 Å². The summed E-state index contributed by atoms with van der Waals surface area (Å²) in [4.78, 5) is 20.6. The summed E-state index contributed by atoms with van der Waals surface area (Å²) in [5.41, 5.74) is 7.08. The largest absolute Gasteiger partial charge is 0.334 e. The zero-order chi connectivity index (χ0) is 19.8. The topological polar surface area (TPSA) is 33.2 Å². The Morgan fingerprint density at radius 2 is 1.55 bits per heavy atom. The third-order valence-electron chi connectivity index (χ3n) is 5.81. The van der Waals surface area contributed by atoms with E-state index in [0.717, 1.165) is 46.3 Å².